The first-order valence-electron chi connectivity index (χ1n) is 12.0. The molecular weight excluding hydrogens is 466 g/mol. The lowest BCUT2D eigenvalue weighted by Crippen LogP contribution is -2.36. The Kier molecular flexibility index (Phi) is 6.78. The van der Waals surface area contributed by atoms with Crippen LogP contribution in [0.5, 0.6) is 0 Å². The van der Waals surface area contributed by atoms with Crippen LogP contribution in [-0.2, 0) is 28.0 Å². The van der Waals surface area contributed by atoms with Crippen LogP contribution in [0.4, 0.5) is 5.69 Å². The molecule has 0 fully saturated rings. The third kappa shape index (κ3) is 4.72. The number of carbonyl (C=O) groups is 2. The minimum absolute atomic E-state index is 0.00203. The molecule has 4 aromatic rings. The Hall–Kier alpha value is -4.03. The first-order chi connectivity index (χ1) is 17.6. The molecule has 5 nitrogen and oxygen atoms in total. The van der Waals surface area contributed by atoms with E-state index in [0.29, 0.717) is 25.1 Å². The fourth-order valence-electron chi connectivity index (χ4n) is 4.82. The van der Waals surface area contributed by atoms with Gasteiger partial charge in [-0.05, 0) is 53.1 Å². The maximum atomic E-state index is 14.0. The van der Waals surface area contributed by atoms with Crippen molar-refractivity contribution in [3.63, 3.8) is 0 Å². The number of ketones is 1. The predicted molar refractivity (Wildman–Crippen MR) is 145 cm³/mol. The summed E-state index contributed by atoms with van der Waals surface area (Å²) in [6.45, 7) is 0. The first kappa shape index (κ1) is 23.7. The molecule has 0 aliphatic carbocycles. The fraction of sp³-hybridized carbons (Fsp3) is 0.167. The number of hydrogen-bond acceptors (Lipinski definition) is 5. The summed E-state index contributed by atoms with van der Waals surface area (Å²) in [5.41, 5.74) is 8.71. The van der Waals surface area contributed by atoms with E-state index < -0.39 is 11.5 Å². The maximum absolute atomic E-state index is 14.0. The van der Waals surface area contributed by atoms with E-state index in [1.807, 2.05) is 102 Å². The van der Waals surface area contributed by atoms with Crippen LogP contribution in [0.3, 0.4) is 0 Å². The number of Topliss-reactive ketones (excluding diaryl/α,β-unsaturated/α-hetero) is 1. The molecule has 1 aromatic heterocycles. The minimum Gasteiger partial charge on any atom is -0.387 e. The zero-order valence-electron chi connectivity index (χ0n) is 19.8. The quantitative estimate of drug-likeness (QED) is 0.346. The number of nitrogens with one attached hydrogen (secondary N) is 1. The Morgan fingerprint density at radius 3 is 2.25 bits per heavy atom. The van der Waals surface area contributed by atoms with Gasteiger partial charge in [0, 0.05) is 10.6 Å². The highest BCUT2D eigenvalue weighted by Gasteiger charge is 2.50. The number of rotatable bonds is 8. The van der Waals surface area contributed by atoms with Crippen LogP contribution in [-0.4, -0.2) is 17.5 Å². The molecule has 1 atom stereocenters. The van der Waals surface area contributed by atoms with Crippen LogP contribution in [0.25, 0.3) is 0 Å². The Bertz CT molecular complexity index is 1340. The fourth-order valence-corrected chi connectivity index (χ4v) is 5.53. The van der Waals surface area contributed by atoms with Gasteiger partial charge in [0.05, 0.1) is 12.3 Å². The monoisotopic (exact) mass is 493 g/mol. The molecule has 6 heteroatoms. The third-order valence-electron chi connectivity index (χ3n) is 6.56. The van der Waals surface area contributed by atoms with E-state index in [2.05, 4.69) is 5.32 Å². The number of nitrogens with zero attached hydrogens (tertiary/aromatic N) is 1. The van der Waals surface area contributed by atoms with Gasteiger partial charge in [0.1, 0.15) is 5.84 Å². The highest BCUT2D eigenvalue weighted by Crippen LogP contribution is 2.42. The smallest absolute Gasteiger partial charge is 0.229 e. The molecule has 36 heavy (non-hydrogen) atoms. The summed E-state index contributed by atoms with van der Waals surface area (Å²) in [5, 5.41) is 4.94. The summed E-state index contributed by atoms with van der Waals surface area (Å²) in [6, 6.07) is 30.9. The van der Waals surface area contributed by atoms with Gasteiger partial charge in [-0.25, -0.2) is 4.99 Å². The van der Waals surface area contributed by atoms with Crippen LogP contribution in [0.15, 0.2) is 107 Å². The normalized spacial score (nSPS) is 16.5. The Morgan fingerprint density at radius 1 is 0.917 bits per heavy atom. The standard InChI is InChI=1S/C30H27N3O2S/c31-29-26(17-16-21-9-7-14-24(19-21)32-27(34)20-25-15-8-18-36-25)28(35)30(33-29,22-10-3-1-4-11-22)23-12-5-2-6-13-23/h1-15,18-19,26H,16-17,20H2,(H2,31,33)(H,32,34). The molecule has 0 radical (unpaired) electrons. The van der Waals surface area contributed by atoms with Crippen molar-refractivity contribution < 1.29 is 9.59 Å². The summed E-state index contributed by atoms with van der Waals surface area (Å²) >= 11 is 1.57. The van der Waals surface area contributed by atoms with E-state index in [1.165, 1.54) is 0 Å². The number of benzene rings is 3. The number of anilines is 1. The minimum atomic E-state index is -1.13. The lowest BCUT2D eigenvalue weighted by atomic mass is 9.77. The molecule has 1 aliphatic rings. The summed E-state index contributed by atoms with van der Waals surface area (Å²) in [7, 11) is 0. The molecular formula is C30H27N3O2S. The summed E-state index contributed by atoms with van der Waals surface area (Å²) in [4.78, 5) is 32.2. The van der Waals surface area contributed by atoms with Crippen molar-refractivity contribution in [1.29, 1.82) is 0 Å². The number of aliphatic imine (C=N–C) groups is 1. The lowest BCUT2D eigenvalue weighted by molar-refractivity contribution is -0.124. The largest absolute Gasteiger partial charge is 0.387 e. The van der Waals surface area contributed by atoms with Crippen molar-refractivity contribution in [3.05, 3.63) is 124 Å². The van der Waals surface area contributed by atoms with E-state index in [9.17, 15) is 9.59 Å². The second-order valence-corrected chi connectivity index (χ2v) is 9.97. The molecule has 0 bridgehead atoms. The zero-order valence-corrected chi connectivity index (χ0v) is 20.6. The highest BCUT2D eigenvalue weighted by molar-refractivity contribution is 7.10. The maximum Gasteiger partial charge on any atom is 0.229 e. The van der Waals surface area contributed by atoms with Crippen molar-refractivity contribution in [2.24, 2.45) is 16.6 Å². The molecule has 1 amide bonds. The number of amides is 1. The molecule has 3 aromatic carbocycles. The second-order valence-electron chi connectivity index (χ2n) is 8.94. The molecule has 0 saturated carbocycles. The Labute approximate surface area is 214 Å². The van der Waals surface area contributed by atoms with Crippen molar-refractivity contribution in [3.8, 4) is 0 Å². The summed E-state index contributed by atoms with van der Waals surface area (Å²) in [6.07, 6.45) is 1.54. The Balaban J connectivity index is 1.32. The average molecular weight is 494 g/mol. The number of hydrogen-bond donors (Lipinski definition) is 2. The first-order valence-corrected chi connectivity index (χ1v) is 12.9. The van der Waals surface area contributed by atoms with Crippen LogP contribution < -0.4 is 11.1 Å². The summed E-state index contributed by atoms with van der Waals surface area (Å²) in [5.74, 6) is -0.166. The molecule has 2 heterocycles. The zero-order chi connectivity index (χ0) is 25.0. The Morgan fingerprint density at radius 2 is 1.61 bits per heavy atom. The van der Waals surface area contributed by atoms with Crippen molar-refractivity contribution in [2.75, 3.05) is 5.32 Å². The van der Waals surface area contributed by atoms with Gasteiger partial charge in [-0.2, -0.15) is 0 Å². The van der Waals surface area contributed by atoms with Gasteiger partial charge in [-0.15, -0.1) is 11.3 Å². The molecule has 1 aliphatic heterocycles. The topological polar surface area (TPSA) is 84.5 Å². The van der Waals surface area contributed by atoms with Crippen molar-refractivity contribution in [1.82, 2.24) is 0 Å². The van der Waals surface area contributed by atoms with Gasteiger partial charge in [-0.3, -0.25) is 9.59 Å². The number of aryl methyl sites for hydroxylation is 1. The summed E-state index contributed by atoms with van der Waals surface area (Å²) < 4.78 is 0. The van der Waals surface area contributed by atoms with E-state index in [0.717, 1.165) is 27.3 Å². The van der Waals surface area contributed by atoms with Crippen molar-refractivity contribution >= 4 is 34.6 Å². The van der Waals surface area contributed by atoms with Crippen LogP contribution in [0.1, 0.15) is 28.0 Å². The van der Waals surface area contributed by atoms with Crippen LogP contribution in [0, 0.1) is 5.92 Å². The second kappa shape index (κ2) is 10.3. The number of nitrogens with two attached hydrogens (primary N) is 1. The third-order valence-corrected chi connectivity index (χ3v) is 7.43. The predicted octanol–water partition coefficient (Wildman–Crippen LogP) is 5.36. The molecule has 1 unspecified atom stereocenters. The molecule has 0 saturated heterocycles. The van der Waals surface area contributed by atoms with Gasteiger partial charge < -0.3 is 11.1 Å². The van der Waals surface area contributed by atoms with Gasteiger partial charge >= 0.3 is 0 Å². The van der Waals surface area contributed by atoms with Crippen LogP contribution >= 0.6 is 11.3 Å². The van der Waals surface area contributed by atoms with E-state index in [1.54, 1.807) is 11.3 Å². The SMILES string of the molecule is NC1=NC(c2ccccc2)(c2ccccc2)C(=O)C1CCc1cccc(NC(=O)Cc2cccs2)c1. The van der Waals surface area contributed by atoms with Crippen molar-refractivity contribution in [2.45, 2.75) is 24.8 Å². The van der Waals surface area contributed by atoms with Gasteiger partial charge in [0.15, 0.2) is 11.3 Å². The number of carbonyl (C=O) groups excluding carboxylic acids is 2. The van der Waals surface area contributed by atoms with E-state index in [-0.39, 0.29) is 11.7 Å². The molecule has 3 N–H and O–H groups in total. The molecule has 0 spiro atoms. The molecule has 180 valence electrons. The van der Waals surface area contributed by atoms with Gasteiger partial charge in [-0.1, -0.05) is 78.9 Å². The average Bonchev–Trinajstić information content (AvgIpc) is 3.50. The van der Waals surface area contributed by atoms with Crippen LogP contribution in [0.2, 0.25) is 0 Å². The lowest BCUT2D eigenvalue weighted by Gasteiger charge is -2.26. The highest BCUT2D eigenvalue weighted by atomic mass is 32.1. The van der Waals surface area contributed by atoms with Gasteiger partial charge in [0.2, 0.25) is 5.91 Å². The number of thiophene rings is 1. The molecule has 5 rings (SSSR count). The van der Waals surface area contributed by atoms with E-state index in [4.69, 9.17) is 10.7 Å². The number of amidine groups is 1. The van der Waals surface area contributed by atoms with Gasteiger partial charge in [0.25, 0.3) is 0 Å². The van der Waals surface area contributed by atoms with E-state index >= 15 is 0 Å².